The molecule has 0 aromatic heterocycles. The van der Waals surface area contributed by atoms with Crippen molar-refractivity contribution >= 4 is 32.6 Å². The monoisotopic (exact) mass is 346 g/mol. The summed E-state index contributed by atoms with van der Waals surface area (Å²) in [5, 5.41) is 0.806. The number of benzene rings is 1. The fourth-order valence-electron chi connectivity index (χ4n) is 1.49. The smallest absolute Gasteiger partial charge is 0.242 e. The summed E-state index contributed by atoms with van der Waals surface area (Å²) in [7, 11) is -3.16. The molecule has 0 amide bonds. The van der Waals surface area contributed by atoms with E-state index in [1.54, 1.807) is 0 Å². The second-order valence-electron chi connectivity index (χ2n) is 6.33. The molecule has 2 nitrogen and oxygen atoms in total. The molecule has 5 heteroatoms. The van der Waals surface area contributed by atoms with Crippen LogP contribution in [0.15, 0.2) is 18.2 Å². The molecule has 0 N–H and O–H groups in total. The highest BCUT2D eigenvalue weighted by atomic mass is 79.9. The van der Waals surface area contributed by atoms with Gasteiger partial charge in [-0.2, -0.15) is 0 Å². The lowest BCUT2D eigenvalue weighted by Gasteiger charge is -2.24. The minimum atomic E-state index is -1.59. The Balaban J connectivity index is 3.02. The predicted octanol–water partition coefficient (Wildman–Crippen LogP) is 5.01. The van der Waals surface area contributed by atoms with Crippen LogP contribution in [0.5, 0.6) is 11.5 Å². The standard InChI is InChI=1S/C13H23BrO2Si2/c1-17(2,3)15-12-8-7-11(10-14)13(9-12)16-18(4,5)6/h7-9H,10H2,1-6H3. The molecule has 0 heterocycles. The molecule has 1 rings (SSSR count). The first-order valence-electron chi connectivity index (χ1n) is 6.18. The number of halogens is 1. The largest absolute Gasteiger partial charge is 0.544 e. The molecule has 18 heavy (non-hydrogen) atoms. The van der Waals surface area contributed by atoms with Gasteiger partial charge in [-0.25, -0.2) is 0 Å². The van der Waals surface area contributed by atoms with Gasteiger partial charge in [-0.15, -0.1) is 0 Å². The molecule has 0 aliphatic heterocycles. The Morgan fingerprint density at radius 3 is 1.94 bits per heavy atom. The average molecular weight is 347 g/mol. The van der Waals surface area contributed by atoms with E-state index in [4.69, 9.17) is 8.85 Å². The van der Waals surface area contributed by atoms with Crippen LogP contribution >= 0.6 is 15.9 Å². The Hall–Kier alpha value is -0.266. The van der Waals surface area contributed by atoms with Gasteiger partial charge in [-0.3, -0.25) is 0 Å². The highest BCUT2D eigenvalue weighted by molar-refractivity contribution is 9.08. The Labute approximate surface area is 121 Å². The molecule has 102 valence electrons. The third-order valence-electron chi connectivity index (χ3n) is 2.02. The second-order valence-corrected chi connectivity index (χ2v) is 15.8. The van der Waals surface area contributed by atoms with Crippen LogP contribution < -0.4 is 8.85 Å². The molecule has 0 saturated carbocycles. The maximum absolute atomic E-state index is 6.12. The molecule has 1 aromatic rings. The topological polar surface area (TPSA) is 18.5 Å². The normalized spacial score (nSPS) is 12.4. The van der Waals surface area contributed by atoms with Crippen LogP contribution in [0.2, 0.25) is 39.3 Å². The maximum Gasteiger partial charge on any atom is 0.242 e. The number of hydrogen-bond acceptors (Lipinski definition) is 2. The molecule has 0 saturated heterocycles. The summed E-state index contributed by atoms with van der Waals surface area (Å²) < 4.78 is 12.1. The zero-order valence-corrected chi connectivity index (χ0v) is 15.7. The van der Waals surface area contributed by atoms with Gasteiger partial charge in [0.2, 0.25) is 16.6 Å². The van der Waals surface area contributed by atoms with Crippen LogP contribution in [0.4, 0.5) is 0 Å². The highest BCUT2D eigenvalue weighted by Gasteiger charge is 2.20. The molecular formula is C13H23BrO2Si2. The number of rotatable bonds is 5. The van der Waals surface area contributed by atoms with Crippen LogP contribution in [-0.4, -0.2) is 16.6 Å². The summed E-state index contributed by atoms with van der Waals surface area (Å²) in [5.74, 6) is 1.88. The summed E-state index contributed by atoms with van der Waals surface area (Å²) in [6.45, 7) is 13.1. The fraction of sp³-hybridized carbons (Fsp3) is 0.538. The first-order chi connectivity index (χ1) is 8.11. The highest BCUT2D eigenvalue weighted by Crippen LogP contribution is 2.30. The quantitative estimate of drug-likeness (QED) is 0.551. The average Bonchev–Trinajstić information content (AvgIpc) is 2.12. The van der Waals surface area contributed by atoms with Crippen molar-refractivity contribution in [3.05, 3.63) is 23.8 Å². The van der Waals surface area contributed by atoms with Crippen molar-refractivity contribution in [2.24, 2.45) is 0 Å². The number of hydrogen-bond donors (Lipinski definition) is 0. The van der Waals surface area contributed by atoms with E-state index in [0.717, 1.165) is 16.8 Å². The molecule has 0 atom stereocenters. The minimum Gasteiger partial charge on any atom is -0.544 e. The van der Waals surface area contributed by atoms with Crippen molar-refractivity contribution in [1.82, 2.24) is 0 Å². The van der Waals surface area contributed by atoms with Crippen molar-refractivity contribution in [1.29, 1.82) is 0 Å². The zero-order valence-electron chi connectivity index (χ0n) is 12.1. The van der Waals surface area contributed by atoms with Crippen LogP contribution in [0, 0.1) is 0 Å². The molecule has 0 aliphatic rings. The van der Waals surface area contributed by atoms with Crippen LogP contribution in [0.3, 0.4) is 0 Å². The van der Waals surface area contributed by atoms with Gasteiger partial charge in [0.15, 0.2) is 0 Å². The minimum absolute atomic E-state index is 0.806. The van der Waals surface area contributed by atoms with Gasteiger partial charge in [0.25, 0.3) is 0 Å². The Kier molecular flexibility index (Phi) is 5.08. The van der Waals surface area contributed by atoms with Crippen molar-refractivity contribution in [3.8, 4) is 11.5 Å². The van der Waals surface area contributed by atoms with Crippen molar-refractivity contribution in [2.75, 3.05) is 0 Å². The first-order valence-corrected chi connectivity index (χ1v) is 14.1. The van der Waals surface area contributed by atoms with E-state index in [1.807, 2.05) is 12.1 Å². The lowest BCUT2D eigenvalue weighted by Crippen LogP contribution is -2.30. The third kappa shape index (κ3) is 5.58. The number of alkyl halides is 1. The molecule has 0 aliphatic carbocycles. The summed E-state index contributed by atoms with van der Waals surface area (Å²) in [4.78, 5) is 0. The van der Waals surface area contributed by atoms with Gasteiger partial charge in [-0.05, 0) is 45.3 Å². The summed E-state index contributed by atoms with van der Waals surface area (Å²) in [6, 6.07) is 6.15. The second kappa shape index (κ2) is 5.80. The van der Waals surface area contributed by atoms with Gasteiger partial charge in [0.05, 0.1) is 0 Å². The van der Waals surface area contributed by atoms with E-state index in [2.05, 4.69) is 61.3 Å². The van der Waals surface area contributed by atoms with Gasteiger partial charge < -0.3 is 8.85 Å². The predicted molar refractivity (Wildman–Crippen MR) is 87.0 cm³/mol. The Bertz CT molecular complexity index is 408. The lowest BCUT2D eigenvalue weighted by molar-refractivity contribution is 0.530. The van der Waals surface area contributed by atoms with Crippen molar-refractivity contribution in [2.45, 2.75) is 44.6 Å². The molecule has 1 aromatic carbocycles. The van der Waals surface area contributed by atoms with E-state index in [0.29, 0.717) is 0 Å². The zero-order chi connectivity index (χ0) is 14.0. The van der Waals surface area contributed by atoms with Crippen LogP contribution in [0.1, 0.15) is 5.56 Å². The third-order valence-corrected chi connectivity index (χ3v) is 4.31. The maximum atomic E-state index is 6.12. The van der Waals surface area contributed by atoms with Crippen LogP contribution in [-0.2, 0) is 5.33 Å². The molecule has 0 spiro atoms. The SMILES string of the molecule is C[Si](C)(C)Oc1ccc(CBr)c(O[Si](C)(C)C)c1. The van der Waals surface area contributed by atoms with E-state index >= 15 is 0 Å². The fourth-order valence-corrected chi connectivity index (χ4v) is 3.63. The molecule has 0 bridgehead atoms. The van der Waals surface area contributed by atoms with Gasteiger partial charge in [0, 0.05) is 17.0 Å². The molecule has 0 radical (unpaired) electrons. The first kappa shape index (κ1) is 15.8. The lowest BCUT2D eigenvalue weighted by atomic mass is 10.2. The van der Waals surface area contributed by atoms with Crippen molar-refractivity contribution in [3.63, 3.8) is 0 Å². The molecular weight excluding hydrogens is 324 g/mol. The van der Waals surface area contributed by atoms with Gasteiger partial charge in [0.1, 0.15) is 11.5 Å². The Morgan fingerprint density at radius 2 is 1.50 bits per heavy atom. The van der Waals surface area contributed by atoms with E-state index < -0.39 is 16.6 Å². The summed E-state index contributed by atoms with van der Waals surface area (Å²) in [6.07, 6.45) is 0. The van der Waals surface area contributed by atoms with Crippen molar-refractivity contribution < 1.29 is 8.85 Å². The van der Waals surface area contributed by atoms with E-state index in [9.17, 15) is 0 Å². The van der Waals surface area contributed by atoms with Gasteiger partial charge in [-0.1, -0.05) is 22.0 Å². The summed E-state index contributed by atoms with van der Waals surface area (Å²) >= 11 is 3.51. The van der Waals surface area contributed by atoms with Crippen LogP contribution in [0.25, 0.3) is 0 Å². The van der Waals surface area contributed by atoms with E-state index in [-0.39, 0.29) is 0 Å². The molecule has 0 fully saturated rings. The Morgan fingerprint density at radius 1 is 0.944 bits per heavy atom. The summed E-state index contributed by atoms with van der Waals surface area (Å²) in [5.41, 5.74) is 1.18. The van der Waals surface area contributed by atoms with E-state index in [1.165, 1.54) is 5.56 Å². The van der Waals surface area contributed by atoms with Gasteiger partial charge >= 0.3 is 0 Å². The molecule has 0 unspecified atom stereocenters.